The van der Waals surface area contributed by atoms with Crippen molar-refractivity contribution in [1.82, 2.24) is 0 Å². The molecule has 1 aromatic carbocycles. The zero-order valence-corrected chi connectivity index (χ0v) is 12.3. The van der Waals surface area contributed by atoms with E-state index in [9.17, 15) is 4.79 Å². The van der Waals surface area contributed by atoms with Gasteiger partial charge in [-0.2, -0.15) is 5.10 Å². The van der Waals surface area contributed by atoms with Gasteiger partial charge in [0, 0.05) is 18.6 Å². The summed E-state index contributed by atoms with van der Waals surface area (Å²) in [7, 11) is 0. The van der Waals surface area contributed by atoms with Gasteiger partial charge in [0.25, 0.3) is 0 Å². The minimum Gasteiger partial charge on any atom is -0.477 e. The van der Waals surface area contributed by atoms with Gasteiger partial charge >= 0.3 is 5.97 Å². The number of carboxylic acids is 1. The van der Waals surface area contributed by atoms with Crippen LogP contribution in [0.3, 0.4) is 0 Å². The van der Waals surface area contributed by atoms with E-state index in [4.69, 9.17) is 5.11 Å². The average molecular weight is 274 g/mol. The summed E-state index contributed by atoms with van der Waals surface area (Å²) < 4.78 is 0. The van der Waals surface area contributed by atoms with Crippen LogP contribution >= 0.6 is 0 Å². The standard InChI is InChI=1S/C16H22N2O2/c1-4-12(2)10-15(16(19)20)18-17-13(3)11-14-8-6-5-7-9-14/h5-9,12H,4,10-11H2,1-3H3,(H,19,20)/b17-13+,18-15+/t12-/m0/s1. The lowest BCUT2D eigenvalue weighted by atomic mass is 10.0. The number of hydrogen-bond acceptors (Lipinski definition) is 3. The summed E-state index contributed by atoms with van der Waals surface area (Å²) in [6.45, 7) is 5.91. The Morgan fingerprint density at radius 3 is 2.45 bits per heavy atom. The number of benzene rings is 1. The predicted octanol–water partition coefficient (Wildman–Crippen LogP) is 3.57. The first-order valence-electron chi connectivity index (χ1n) is 6.90. The van der Waals surface area contributed by atoms with Crippen LogP contribution in [0.25, 0.3) is 0 Å². The van der Waals surface area contributed by atoms with Crippen LogP contribution in [0, 0.1) is 5.92 Å². The van der Waals surface area contributed by atoms with Crippen LogP contribution in [0.1, 0.15) is 39.2 Å². The van der Waals surface area contributed by atoms with Crippen molar-refractivity contribution < 1.29 is 9.90 Å². The van der Waals surface area contributed by atoms with Crippen molar-refractivity contribution in [2.45, 2.75) is 40.0 Å². The van der Waals surface area contributed by atoms with Crippen molar-refractivity contribution in [1.29, 1.82) is 0 Å². The van der Waals surface area contributed by atoms with Crippen molar-refractivity contribution in [3.8, 4) is 0 Å². The monoisotopic (exact) mass is 274 g/mol. The summed E-state index contributed by atoms with van der Waals surface area (Å²) in [5, 5.41) is 17.1. The van der Waals surface area contributed by atoms with E-state index >= 15 is 0 Å². The highest BCUT2D eigenvalue weighted by Gasteiger charge is 2.13. The van der Waals surface area contributed by atoms with Crippen LogP contribution in [-0.4, -0.2) is 22.5 Å². The molecule has 1 rings (SSSR count). The number of carbonyl (C=O) groups is 1. The second-order valence-corrected chi connectivity index (χ2v) is 5.07. The molecular formula is C16H22N2O2. The molecule has 0 aliphatic rings. The van der Waals surface area contributed by atoms with Gasteiger partial charge in [0.1, 0.15) is 5.71 Å². The molecule has 0 bridgehead atoms. The number of carboxylic acid groups (broad SMARTS) is 1. The highest BCUT2D eigenvalue weighted by molar-refractivity contribution is 6.35. The highest BCUT2D eigenvalue weighted by Crippen LogP contribution is 2.08. The van der Waals surface area contributed by atoms with Crippen LogP contribution in [-0.2, 0) is 11.2 Å². The Bertz CT molecular complexity index is 492. The fourth-order valence-electron chi connectivity index (χ4n) is 1.72. The average Bonchev–Trinajstić information content (AvgIpc) is 2.43. The van der Waals surface area contributed by atoms with E-state index in [0.29, 0.717) is 18.8 Å². The zero-order chi connectivity index (χ0) is 15.0. The molecule has 0 aliphatic carbocycles. The SMILES string of the molecule is CC[C@H](C)C/C(=N\N=C(/C)Cc1ccccc1)C(=O)O. The highest BCUT2D eigenvalue weighted by atomic mass is 16.4. The van der Waals surface area contributed by atoms with E-state index in [1.54, 1.807) is 0 Å². The van der Waals surface area contributed by atoms with Gasteiger partial charge in [0.15, 0.2) is 0 Å². The minimum atomic E-state index is -0.985. The van der Waals surface area contributed by atoms with Gasteiger partial charge in [0.2, 0.25) is 0 Å². The smallest absolute Gasteiger partial charge is 0.352 e. The Morgan fingerprint density at radius 1 is 1.25 bits per heavy atom. The number of nitrogens with zero attached hydrogens (tertiary/aromatic N) is 2. The lowest BCUT2D eigenvalue weighted by Crippen LogP contribution is -2.16. The fourth-order valence-corrected chi connectivity index (χ4v) is 1.72. The van der Waals surface area contributed by atoms with Crippen LogP contribution < -0.4 is 0 Å². The van der Waals surface area contributed by atoms with Gasteiger partial charge in [-0.15, -0.1) is 5.10 Å². The molecule has 0 unspecified atom stereocenters. The summed E-state index contributed by atoms with van der Waals surface area (Å²) in [6.07, 6.45) is 2.06. The fraction of sp³-hybridized carbons (Fsp3) is 0.438. The molecule has 0 saturated carbocycles. The second kappa shape index (κ2) is 8.25. The van der Waals surface area contributed by atoms with Crippen molar-refractivity contribution >= 4 is 17.4 Å². The Kier molecular flexibility index (Phi) is 6.64. The molecule has 0 spiro atoms. The molecule has 1 aromatic rings. The number of aliphatic carboxylic acids is 1. The molecule has 20 heavy (non-hydrogen) atoms. The Labute approximate surface area is 120 Å². The first kappa shape index (κ1) is 16.1. The third kappa shape index (κ3) is 5.78. The van der Waals surface area contributed by atoms with Crippen molar-refractivity contribution in [3.05, 3.63) is 35.9 Å². The maximum absolute atomic E-state index is 11.1. The first-order valence-corrected chi connectivity index (χ1v) is 6.90. The first-order chi connectivity index (χ1) is 9.52. The molecule has 0 amide bonds. The molecule has 4 nitrogen and oxygen atoms in total. The largest absolute Gasteiger partial charge is 0.477 e. The lowest BCUT2D eigenvalue weighted by Gasteiger charge is -2.06. The van der Waals surface area contributed by atoms with Gasteiger partial charge < -0.3 is 5.11 Å². The Morgan fingerprint density at radius 2 is 1.90 bits per heavy atom. The van der Waals surface area contributed by atoms with E-state index < -0.39 is 5.97 Å². The quantitative estimate of drug-likeness (QED) is 0.610. The molecule has 0 aliphatic heterocycles. The molecule has 4 heteroatoms. The number of rotatable bonds is 7. The minimum absolute atomic E-state index is 0.131. The van der Waals surface area contributed by atoms with E-state index in [-0.39, 0.29) is 5.71 Å². The van der Waals surface area contributed by atoms with Crippen LogP contribution in [0.15, 0.2) is 40.5 Å². The zero-order valence-electron chi connectivity index (χ0n) is 12.3. The summed E-state index contributed by atoms with van der Waals surface area (Å²) in [4.78, 5) is 11.1. The van der Waals surface area contributed by atoms with Crippen LogP contribution in [0.4, 0.5) is 0 Å². The van der Waals surface area contributed by atoms with Crippen molar-refractivity contribution in [2.75, 3.05) is 0 Å². The molecule has 0 heterocycles. The molecule has 1 N–H and O–H groups in total. The van der Waals surface area contributed by atoms with Gasteiger partial charge in [-0.05, 0) is 18.4 Å². The molecule has 108 valence electrons. The van der Waals surface area contributed by atoms with Gasteiger partial charge in [-0.25, -0.2) is 4.79 Å². The Hall–Kier alpha value is -1.97. The predicted molar refractivity (Wildman–Crippen MR) is 82.4 cm³/mol. The van der Waals surface area contributed by atoms with Gasteiger partial charge in [-0.1, -0.05) is 50.6 Å². The van der Waals surface area contributed by atoms with Crippen molar-refractivity contribution in [3.63, 3.8) is 0 Å². The van der Waals surface area contributed by atoms with Crippen molar-refractivity contribution in [2.24, 2.45) is 16.1 Å². The molecule has 0 saturated heterocycles. The third-order valence-electron chi connectivity index (χ3n) is 3.13. The Balaban J connectivity index is 2.74. The second-order valence-electron chi connectivity index (χ2n) is 5.07. The molecular weight excluding hydrogens is 252 g/mol. The lowest BCUT2D eigenvalue weighted by molar-refractivity contribution is -0.129. The summed E-state index contributed by atoms with van der Waals surface area (Å²) in [6, 6.07) is 9.93. The summed E-state index contributed by atoms with van der Waals surface area (Å²) in [5.41, 5.74) is 2.08. The molecule has 1 atom stereocenters. The molecule has 0 radical (unpaired) electrons. The van der Waals surface area contributed by atoms with E-state index in [2.05, 4.69) is 10.2 Å². The van der Waals surface area contributed by atoms with Gasteiger partial charge in [-0.3, -0.25) is 0 Å². The maximum Gasteiger partial charge on any atom is 0.352 e. The summed E-state index contributed by atoms with van der Waals surface area (Å²) in [5.74, 6) is -0.684. The maximum atomic E-state index is 11.1. The van der Waals surface area contributed by atoms with E-state index in [1.807, 2.05) is 51.1 Å². The van der Waals surface area contributed by atoms with Crippen LogP contribution in [0.5, 0.6) is 0 Å². The molecule has 0 aromatic heterocycles. The summed E-state index contributed by atoms with van der Waals surface area (Å²) >= 11 is 0. The van der Waals surface area contributed by atoms with Gasteiger partial charge in [0.05, 0.1) is 0 Å². The topological polar surface area (TPSA) is 62.0 Å². The van der Waals surface area contributed by atoms with E-state index in [0.717, 1.165) is 17.7 Å². The third-order valence-corrected chi connectivity index (χ3v) is 3.13. The normalized spacial score (nSPS) is 14.2. The van der Waals surface area contributed by atoms with Crippen LogP contribution in [0.2, 0.25) is 0 Å². The number of hydrogen-bond donors (Lipinski definition) is 1. The molecule has 0 fully saturated rings. The van der Waals surface area contributed by atoms with E-state index in [1.165, 1.54) is 0 Å².